The number of rotatable bonds is 12. The van der Waals surface area contributed by atoms with Gasteiger partial charge in [-0.25, -0.2) is 22.6 Å². The van der Waals surface area contributed by atoms with Crippen molar-refractivity contribution >= 4 is 15.9 Å². The Bertz CT molecular complexity index is 1500. The molecule has 218 valence electrons. The van der Waals surface area contributed by atoms with Gasteiger partial charge in [0, 0.05) is 24.2 Å². The average molecular weight is 581 g/mol. The lowest BCUT2D eigenvalue weighted by atomic mass is 9.78. The number of amides is 1. The Morgan fingerprint density at radius 3 is 2.56 bits per heavy atom. The number of sulfonamides is 1. The van der Waals surface area contributed by atoms with Crippen LogP contribution in [0.5, 0.6) is 5.75 Å². The number of hydrogen-bond acceptors (Lipinski definition) is 5. The molecule has 0 aromatic heterocycles. The van der Waals surface area contributed by atoms with Gasteiger partial charge in [-0.05, 0) is 60.9 Å². The lowest BCUT2D eigenvalue weighted by Gasteiger charge is -2.32. The number of benzene rings is 3. The highest BCUT2D eigenvalue weighted by molar-refractivity contribution is 7.88. The van der Waals surface area contributed by atoms with Crippen LogP contribution in [0.4, 0.5) is 4.39 Å². The lowest BCUT2D eigenvalue weighted by Crippen LogP contribution is -2.43. The molecule has 9 heteroatoms. The van der Waals surface area contributed by atoms with Crippen LogP contribution >= 0.6 is 0 Å². The third-order valence-electron chi connectivity index (χ3n) is 7.55. The van der Waals surface area contributed by atoms with Crippen LogP contribution < -0.4 is 9.46 Å². The SMILES string of the molecule is C=CCc1cccc(-c2cc(C[C@]3(C(=O)N(C)OC)CC[C@H](NS(C)(=O)=O)C3)ccc2F)c1OCc1ccccc1. The molecule has 0 unspecified atom stereocenters. The minimum absolute atomic E-state index is 0.247. The molecule has 1 aliphatic rings. The standard InChI is InChI=1S/C32H37FN2O5S/c1-5-10-25-13-9-14-27(30(25)40-22-23-11-7-6-8-12-23)28-19-24(15-16-29(28)33)20-32(31(36)35(2)39-3)18-17-26(21-32)34-41(4,37)38/h5-9,11-16,19,26,34H,1,10,17-18,20-22H2,2-4H3/t26-,32+/m0/s1. The van der Waals surface area contributed by atoms with E-state index in [0.29, 0.717) is 55.6 Å². The zero-order chi connectivity index (χ0) is 29.6. The van der Waals surface area contributed by atoms with Gasteiger partial charge in [-0.3, -0.25) is 9.63 Å². The van der Waals surface area contributed by atoms with Gasteiger partial charge in [0.1, 0.15) is 18.2 Å². The molecule has 4 rings (SSSR count). The second-order valence-corrected chi connectivity index (χ2v) is 12.4. The molecule has 1 N–H and O–H groups in total. The molecule has 1 aliphatic carbocycles. The van der Waals surface area contributed by atoms with E-state index < -0.39 is 21.3 Å². The number of hydroxylamine groups is 2. The molecule has 0 saturated heterocycles. The maximum atomic E-state index is 15.5. The monoisotopic (exact) mass is 580 g/mol. The van der Waals surface area contributed by atoms with Gasteiger partial charge >= 0.3 is 0 Å². The topological polar surface area (TPSA) is 84.9 Å². The number of carbonyl (C=O) groups is 1. The summed E-state index contributed by atoms with van der Waals surface area (Å²) < 4.78 is 48.2. The smallest absolute Gasteiger partial charge is 0.252 e. The van der Waals surface area contributed by atoms with Crippen LogP contribution in [0.2, 0.25) is 0 Å². The third kappa shape index (κ3) is 7.41. The van der Waals surface area contributed by atoms with Gasteiger partial charge in [-0.15, -0.1) is 6.58 Å². The van der Waals surface area contributed by atoms with Crippen LogP contribution in [0.1, 0.15) is 36.0 Å². The molecule has 1 fully saturated rings. The second-order valence-electron chi connectivity index (χ2n) is 10.6. The number of ether oxygens (including phenoxy) is 1. The fourth-order valence-corrected chi connectivity index (χ4v) is 6.48. The molecular formula is C32H37FN2O5S. The molecule has 0 bridgehead atoms. The van der Waals surface area contributed by atoms with E-state index in [2.05, 4.69) is 11.3 Å². The normalized spacial score (nSPS) is 18.7. The van der Waals surface area contributed by atoms with Crippen LogP contribution in [0.15, 0.2) is 79.4 Å². The Morgan fingerprint density at radius 1 is 1.12 bits per heavy atom. The Balaban J connectivity index is 1.71. The van der Waals surface area contributed by atoms with Crippen molar-refractivity contribution in [2.75, 3.05) is 20.4 Å². The average Bonchev–Trinajstić information content (AvgIpc) is 3.34. The highest BCUT2D eigenvalue weighted by Crippen LogP contribution is 2.44. The number of carbonyl (C=O) groups excluding carboxylic acids is 1. The zero-order valence-electron chi connectivity index (χ0n) is 23.7. The molecule has 0 radical (unpaired) electrons. The molecule has 7 nitrogen and oxygen atoms in total. The fourth-order valence-electron chi connectivity index (χ4n) is 5.67. The van der Waals surface area contributed by atoms with E-state index in [1.165, 1.54) is 18.2 Å². The van der Waals surface area contributed by atoms with E-state index >= 15 is 4.39 Å². The molecule has 41 heavy (non-hydrogen) atoms. The van der Waals surface area contributed by atoms with Crippen LogP contribution in [0.3, 0.4) is 0 Å². The molecule has 2 atom stereocenters. The molecular weight excluding hydrogens is 543 g/mol. The highest BCUT2D eigenvalue weighted by atomic mass is 32.2. The van der Waals surface area contributed by atoms with Gasteiger partial charge in [0.15, 0.2) is 0 Å². The first-order chi connectivity index (χ1) is 19.5. The molecule has 1 saturated carbocycles. The van der Waals surface area contributed by atoms with Crippen LogP contribution in [0, 0.1) is 11.2 Å². The predicted octanol–water partition coefficient (Wildman–Crippen LogP) is 5.45. The van der Waals surface area contributed by atoms with Crippen molar-refractivity contribution in [1.29, 1.82) is 0 Å². The van der Waals surface area contributed by atoms with Gasteiger partial charge in [0.25, 0.3) is 5.91 Å². The van der Waals surface area contributed by atoms with Crippen LogP contribution in [0.25, 0.3) is 11.1 Å². The van der Waals surface area contributed by atoms with Crippen LogP contribution in [-0.2, 0) is 39.1 Å². The largest absolute Gasteiger partial charge is 0.488 e. The minimum atomic E-state index is -3.45. The van der Waals surface area contributed by atoms with Crippen molar-refractivity contribution < 1.29 is 27.2 Å². The van der Waals surface area contributed by atoms with E-state index in [-0.39, 0.29) is 11.9 Å². The van der Waals surface area contributed by atoms with Crippen molar-refractivity contribution in [3.05, 3.63) is 102 Å². The molecule has 3 aromatic carbocycles. The Morgan fingerprint density at radius 2 is 1.88 bits per heavy atom. The fraction of sp³-hybridized carbons (Fsp3) is 0.344. The Labute approximate surface area is 242 Å². The summed E-state index contributed by atoms with van der Waals surface area (Å²) in [6.45, 7) is 4.18. The van der Waals surface area contributed by atoms with Crippen molar-refractivity contribution in [2.24, 2.45) is 5.41 Å². The van der Waals surface area contributed by atoms with E-state index in [0.717, 1.165) is 22.9 Å². The zero-order valence-corrected chi connectivity index (χ0v) is 24.5. The van der Waals surface area contributed by atoms with E-state index in [1.54, 1.807) is 25.3 Å². The minimum Gasteiger partial charge on any atom is -0.488 e. The lowest BCUT2D eigenvalue weighted by molar-refractivity contribution is -0.180. The molecule has 0 aliphatic heterocycles. The van der Waals surface area contributed by atoms with Crippen molar-refractivity contribution in [1.82, 2.24) is 9.79 Å². The predicted molar refractivity (Wildman–Crippen MR) is 158 cm³/mol. The maximum Gasteiger partial charge on any atom is 0.252 e. The third-order valence-corrected chi connectivity index (χ3v) is 8.31. The molecule has 3 aromatic rings. The van der Waals surface area contributed by atoms with Crippen molar-refractivity contribution in [2.45, 2.75) is 44.8 Å². The Hall–Kier alpha value is -3.53. The summed E-state index contributed by atoms with van der Waals surface area (Å²) in [5.41, 5.74) is 2.68. The number of allylic oxidation sites excluding steroid dienone is 1. The number of halogens is 1. The first-order valence-electron chi connectivity index (χ1n) is 13.5. The van der Waals surface area contributed by atoms with Gasteiger partial charge < -0.3 is 4.74 Å². The van der Waals surface area contributed by atoms with E-state index in [4.69, 9.17) is 9.57 Å². The molecule has 1 amide bonds. The summed E-state index contributed by atoms with van der Waals surface area (Å²) in [5, 5.41) is 1.18. The molecule has 0 heterocycles. The first kappa shape index (κ1) is 30.4. The summed E-state index contributed by atoms with van der Waals surface area (Å²) in [4.78, 5) is 18.8. The summed E-state index contributed by atoms with van der Waals surface area (Å²) in [6, 6.07) is 19.9. The highest BCUT2D eigenvalue weighted by Gasteiger charge is 2.47. The maximum absolute atomic E-state index is 15.5. The number of para-hydroxylation sites is 1. The van der Waals surface area contributed by atoms with Gasteiger partial charge in [-0.1, -0.05) is 60.7 Å². The van der Waals surface area contributed by atoms with E-state index in [1.807, 2.05) is 48.5 Å². The van der Waals surface area contributed by atoms with Crippen LogP contribution in [-0.4, -0.2) is 45.8 Å². The first-order valence-corrected chi connectivity index (χ1v) is 15.4. The van der Waals surface area contributed by atoms with Gasteiger partial charge in [-0.2, -0.15) is 0 Å². The van der Waals surface area contributed by atoms with Gasteiger partial charge in [0.2, 0.25) is 10.0 Å². The number of nitrogens with one attached hydrogen (secondary N) is 1. The Kier molecular flexibility index (Phi) is 9.63. The number of nitrogens with zero attached hydrogens (tertiary/aromatic N) is 1. The van der Waals surface area contributed by atoms with Crippen molar-refractivity contribution in [3.8, 4) is 16.9 Å². The number of hydrogen-bond donors (Lipinski definition) is 1. The van der Waals surface area contributed by atoms with Gasteiger partial charge in [0.05, 0.1) is 18.8 Å². The summed E-state index contributed by atoms with van der Waals surface area (Å²) >= 11 is 0. The summed E-state index contributed by atoms with van der Waals surface area (Å²) in [6.07, 6.45) is 5.01. The van der Waals surface area contributed by atoms with E-state index in [9.17, 15) is 13.2 Å². The quantitative estimate of drug-likeness (QED) is 0.228. The second kappa shape index (κ2) is 13.0. The molecule has 0 spiro atoms. The summed E-state index contributed by atoms with van der Waals surface area (Å²) in [7, 11) is -0.493. The van der Waals surface area contributed by atoms with Crippen molar-refractivity contribution in [3.63, 3.8) is 0 Å². The summed E-state index contributed by atoms with van der Waals surface area (Å²) in [5.74, 6) is -0.0782.